The predicted octanol–water partition coefficient (Wildman–Crippen LogP) is 2.77. The first kappa shape index (κ1) is 84.9. The quantitative estimate of drug-likeness (QED) is 0.0168. The molecule has 38 nitrogen and oxygen atoms in total. The van der Waals surface area contributed by atoms with Gasteiger partial charge in [0.25, 0.3) is 23.3 Å². The van der Waals surface area contributed by atoms with Crippen molar-refractivity contribution in [2.75, 3.05) is 143 Å². The Morgan fingerprint density at radius 1 is 0.789 bits per heavy atom. The van der Waals surface area contributed by atoms with E-state index < -0.39 is 129 Å². The van der Waals surface area contributed by atoms with Gasteiger partial charge in [-0.05, 0) is 60.4 Å². The van der Waals surface area contributed by atoms with E-state index in [-0.39, 0.29) is 94.9 Å². The molecule has 2 bridgehead atoms. The van der Waals surface area contributed by atoms with E-state index in [1.165, 1.54) is 41.3 Å². The largest absolute Gasteiger partial charge is 0.697 e. The second-order valence-electron chi connectivity index (χ2n) is 25.3. The van der Waals surface area contributed by atoms with Gasteiger partial charge in [-0.1, -0.05) is 44.2 Å². The van der Waals surface area contributed by atoms with Gasteiger partial charge in [-0.15, -0.1) is 9.05 Å². The minimum atomic E-state index is -4.26. The predicted molar refractivity (Wildman–Crippen MR) is 386 cm³/mol. The van der Waals surface area contributed by atoms with Crippen LogP contribution in [0.4, 0.5) is 16.4 Å². The summed E-state index contributed by atoms with van der Waals surface area (Å²) in [6.45, 7) is 4.15. The number of imidazole rings is 1. The SMILES string of the molecule is COCCOCCOCCOCCOCCOCCOCCOCCN(Cc1ccccc1C(=O)Nc1nc2c(ncn2[C@@H]2O[C@@H]3CCO[P+](=O)O[C@H]4C[C@H](Oc5ccncn5)CC4COP(O)(=S)O[C@@H]2[C@@H]3O)c(=O)[nH]1)C(=O)OCc1ccc(NC(=O)[C@H](C)NC(=O)[C@@H](NC(=O)CN2C(=O)C=CC2=O)C(C)C)cc1. The number of hydrogen-bond acceptors (Lipinski definition) is 30. The molecule has 594 valence electrons. The van der Waals surface area contributed by atoms with Crippen LogP contribution in [0.5, 0.6) is 5.88 Å². The molecule has 2 aromatic carbocycles. The van der Waals surface area contributed by atoms with Gasteiger partial charge in [-0.25, -0.2) is 19.7 Å². The van der Waals surface area contributed by atoms with Gasteiger partial charge in [0.15, 0.2) is 17.4 Å². The lowest BCUT2D eigenvalue weighted by molar-refractivity contribution is -0.141. The maximum atomic E-state index is 14.5. The highest BCUT2D eigenvalue weighted by atomic mass is 32.5. The number of aromatic nitrogens is 6. The molecule has 7 N–H and O–H groups in total. The van der Waals surface area contributed by atoms with Gasteiger partial charge in [0.1, 0.15) is 62.6 Å². The zero-order valence-corrected chi connectivity index (χ0v) is 63.1. The molecule has 1 saturated carbocycles. The maximum Gasteiger partial charge on any atom is 0.697 e. The fourth-order valence-electron chi connectivity index (χ4n) is 11.4. The van der Waals surface area contributed by atoms with Crippen LogP contribution in [0.2, 0.25) is 0 Å². The first-order valence-electron chi connectivity index (χ1n) is 35.2. The number of aromatic amines is 1. The number of carbonyl (C=O) groups excluding carboxylic acids is 7. The van der Waals surface area contributed by atoms with Crippen LogP contribution in [0.15, 0.2) is 90.4 Å². The van der Waals surface area contributed by atoms with Gasteiger partial charge in [-0.3, -0.25) is 57.9 Å². The molecule has 2 saturated heterocycles. The van der Waals surface area contributed by atoms with Gasteiger partial charge in [0.05, 0.1) is 118 Å². The fraction of sp³-hybridized carbons (Fsp3) is 0.559. The van der Waals surface area contributed by atoms with Crippen molar-refractivity contribution in [2.45, 2.75) is 102 Å². The third-order valence-electron chi connectivity index (χ3n) is 17.1. The number of methoxy groups -OCH3 is 1. The van der Waals surface area contributed by atoms with Gasteiger partial charge in [-0.2, -0.15) is 4.98 Å². The van der Waals surface area contributed by atoms with E-state index in [0.29, 0.717) is 102 Å². The Morgan fingerprint density at radius 2 is 1.43 bits per heavy atom. The van der Waals surface area contributed by atoms with E-state index in [9.17, 15) is 52.9 Å². The number of benzene rings is 2. The van der Waals surface area contributed by atoms with Crippen LogP contribution in [0.3, 0.4) is 0 Å². The molecule has 9 rings (SSSR count). The zero-order valence-electron chi connectivity index (χ0n) is 60.5. The Hall–Kier alpha value is -8.15. The number of rotatable bonds is 41. The summed E-state index contributed by atoms with van der Waals surface area (Å²) >= 11 is 5.50. The number of ether oxygens (including phenoxy) is 11. The highest BCUT2D eigenvalue weighted by Crippen LogP contribution is 2.52. The molecule has 7 amide bonds. The molecule has 5 aromatic rings. The summed E-state index contributed by atoms with van der Waals surface area (Å²) in [4.78, 5) is 139. The van der Waals surface area contributed by atoms with Crippen LogP contribution < -0.4 is 31.6 Å². The lowest BCUT2D eigenvalue weighted by Crippen LogP contribution is -2.55. The smallest absolute Gasteiger partial charge is 0.474 e. The van der Waals surface area contributed by atoms with Crippen molar-refractivity contribution in [3.63, 3.8) is 0 Å². The summed E-state index contributed by atoms with van der Waals surface area (Å²) < 4.78 is 99.9. The summed E-state index contributed by atoms with van der Waals surface area (Å²) in [6, 6.07) is 12.0. The highest BCUT2D eigenvalue weighted by molar-refractivity contribution is 8.07. The standard InChI is InChI=1S/C68H90N12O26P2S/c1-43(2)57(74-53(81)38-79-55(82)13-14-56(79)83)64(87)72-44(3)62(85)73-48-11-9-45(10-12-48)39-100-68(89)78(18-20-93-23-24-95-27-28-97-31-32-99-34-33-98-30-29-96-26-25-94-22-21-92-4)37-46-7-5-6-8-50(46)63(86)76-67-75-61-58(65(88)77-67)71-42-80(61)66-60-59(84)51(104-66)16-19-101-107(90)105-52-36-49(103-54-15-17-69-41-70-54)35-47(52)40-102-108(91,109)106-60/h5-15,17,41-44,47,49,51-52,57,59-60,66,84H,16,18-40H2,1-4H3,(H5-,72,73,74,75,76,77,81,85,86,87,88,91,109)/p+1/t44-,47?,49+,51+,52-,57-,59+,60+,66+,108?/m0/s1. The number of carbonyl (C=O) groups is 7. The fourth-order valence-corrected chi connectivity index (χ4v) is 13.7. The summed E-state index contributed by atoms with van der Waals surface area (Å²) in [5, 5.41) is 22.2. The summed E-state index contributed by atoms with van der Waals surface area (Å²) in [5.74, 6) is -5.16. The van der Waals surface area contributed by atoms with Crippen molar-refractivity contribution in [3.05, 3.63) is 113 Å². The van der Waals surface area contributed by atoms with E-state index in [1.807, 2.05) is 0 Å². The topological polar surface area (TPSA) is 459 Å². The first-order chi connectivity index (χ1) is 52.6. The number of nitrogens with zero attached hydrogens (tertiary/aromatic N) is 7. The van der Waals surface area contributed by atoms with Crippen LogP contribution in [-0.4, -0.2) is 266 Å². The maximum absolute atomic E-state index is 14.5. The number of hydrogen-bond donors (Lipinski definition) is 7. The van der Waals surface area contributed by atoms with E-state index >= 15 is 0 Å². The second kappa shape index (κ2) is 43.4. The summed E-state index contributed by atoms with van der Waals surface area (Å²) in [5.41, 5.74) is 0.0178. The lowest BCUT2D eigenvalue weighted by atomic mass is 10.0. The molecule has 3 fully saturated rings. The second-order valence-corrected chi connectivity index (χ2v) is 29.0. The molecule has 0 radical (unpaired) electrons. The Balaban J connectivity index is 0.803. The Morgan fingerprint density at radius 3 is 2.06 bits per heavy atom. The molecule has 0 spiro atoms. The number of imide groups is 1. The summed E-state index contributed by atoms with van der Waals surface area (Å²) in [6.07, 6.45) is -0.898. The number of nitrogens with one attached hydrogen (secondary N) is 5. The first-order valence-corrected chi connectivity index (χ1v) is 38.8. The highest BCUT2D eigenvalue weighted by Gasteiger charge is 2.50. The van der Waals surface area contributed by atoms with Crippen LogP contribution in [-0.2, 0) is 119 Å². The minimum absolute atomic E-state index is 0.00998. The average molecular weight is 1590 g/mol. The molecule has 3 aromatic heterocycles. The Kier molecular flexibility index (Phi) is 33.8. The number of aliphatic hydroxyl groups excluding tert-OH is 1. The molecular weight excluding hydrogens is 1490 g/mol. The van der Waals surface area contributed by atoms with E-state index in [4.69, 9.17) is 82.0 Å². The Labute approximate surface area is 632 Å². The number of H-pyrrole nitrogens is 1. The van der Waals surface area contributed by atoms with E-state index in [2.05, 4.69) is 46.2 Å². The number of amides is 7. The van der Waals surface area contributed by atoms with Crippen molar-refractivity contribution in [1.29, 1.82) is 0 Å². The van der Waals surface area contributed by atoms with Crippen molar-refractivity contribution < 1.29 is 118 Å². The van der Waals surface area contributed by atoms with Gasteiger partial charge >= 0.3 is 21.1 Å². The van der Waals surface area contributed by atoms with Crippen LogP contribution >= 0.6 is 15.0 Å². The van der Waals surface area contributed by atoms with Crippen molar-refractivity contribution in [2.24, 2.45) is 11.8 Å². The van der Waals surface area contributed by atoms with E-state index in [0.717, 1.165) is 17.1 Å². The van der Waals surface area contributed by atoms with Crippen LogP contribution in [0.25, 0.3) is 11.2 Å². The zero-order chi connectivity index (χ0) is 77.7. The molecule has 3 unspecified atom stereocenters. The van der Waals surface area contributed by atoms with Gasteiger partial charge in [0.2, 0.25) is 29.5 Å². The molecule has 1 aliphatic carbocycles. The average Bonchev–Trinajstić information content (AvgIpc) is 1.61. The van der Waals surface area contributed by atoms with Gasteiger partial charge < -0.3 is 87.5 Å². The van der Waals surface area contributed by atoms with Crippen LogP contribution in [0.1, 0.15) is 67.7 Å². The van der Waals surface area contributed by atoms with Crippen molar-refractivity contribution in [3.8, 4) is 5.88 Å². The number of anilines is 2. The molecule has 109 heavy (non-hydrogen) atoms. The van der Waals surface area contributed by atoms with E-state index in [1.54, 1.807) is 69.5 Å². The Bertz CT molecular complexity index is 3960. The molecule has 4 aliphatic rings. The summed E-state index contributed by atoms with van der Waals surface area (Å²) in [7, 11) is -1.10. The third kappa shape index (κ3) is 26.5. The number of fused-ring (bicyclic) bond motifs is 4. The van der Waals surface area contributed by atoms with Gasteiger partial charge in [0, 0.05) is 79.2 Å². The van der Waals surface area contributed by atoms with Crippen molar-refractivity contribution in [1.82, 2.24) is 49.9 Å². The van der Waals surface area contributed by atoms with Crippen molar-refractivity contribution >= 4 is 91.1 Å². The lowest BCUT2D eigenvalue weighted by Gasteiger charge is -2.27. The molecule has 3 aliphatic heterocycles. The minimum Gasteiger partial charge on any atom is -0.474 e. The number of aliphatic hydroxyl groups is 1. The molecule has 11 atom stereocenters. The molecule has 6 heterocycles. The normalized spacial score (nSPS) is 21.7. The van der Waals surface area contributed by atoms with Crippen LogP contribution in [0, 0.1) is 11.8 Å². The third-order valence-corrected chi connectivity index (χ3v) is 19.5. The molecule has 41 heteroatoms. The monoisotopic (exact) mass is 1590 g/mol. The molecular formula is C68H91N12O26P2S+.